The number of rotatable bonds is 9. The van der Waals surface area contributed by atoms with Gasteiger partial charge in [-0.1, -0.05) is 206 Å². The maximum Gasteiger partial charge on any atom is 0.179 e. The monoisotopic (exact) mass is 914 g/mol. The molecule has 0 fully saturated rings. The lowest BCUT2D eigenvalue weighted by Crippen LogP contribution is -2.74. The maximum absolute atomic E-state index is 5.41. The normalized spacial score (nSPS) is 11.8. The first-order chi connectivity index (χ1) is 34.2. The fraction of sp³-hybridized carbons (Fsp3) is 0. The first-order valence-corrected chi connectivity index (χ1v) is 26.2. The van der Waals surface area contributed by atoms with Crippen LogP contribution in [0.25, 0.3) is 93.0 Å². The van der Waals surface area contributed by atoms with E-state index in [4.69, 9.17) is 15.0 Å². The molecule has 0 amide bonds. The summed E-state index contributed by atoms with van der Waals surface area (Å²) in [6, 6.07) is 92.1. The van der Waals surface area contributed by atoms with E-state index in [1.54, 1.807) is 0 Å². The molecule has 0 aliphatic heterocycles. The Morgan fingerprint density at radius 2 is 0.725 bits per heavy atom. The van der Waals surface area contributed by atoms with Crippen LogP contribution in [0.1, 0.15) is 0 Å². The molecule has 0 bridgehead atoms. The summed E-state index contributed by atoms with van der Waals surface area (Å²) in [7, 11) is -2.85. The minimum atomic E-state index is -2.85. The number of benzene rings is 10. The second-order valence-corrected chi connectivity index (χ2v) is 22.4. The molecule has 6 heteroatoms. The van der Waals surface area contributed by atoms with Gasteiger partial charge in [-0.3, -0.25) is 0 Å². The Bertz CT molecular complexity index is 3880. The Labute approximate surface area is 405 Å². The standard InChI is InChI=1S/C63H42N4SSi/c1-4-24-49(25-5-1)69(50-26-6-2-7-27-50,51-28-8-3-9-29-51)52-30-18-22-47(41-52)63-65-61(45-20-16-19-43(39-45)44-37-38-60-56(42-44)55-33-12-15-36-59(55)68-60)64-62(66-63)46-21-17-23-48(40-46)67-57-34-13-10-31-53(57)54-32-11-14-35-58(54)67/h1-42H. The van der Waals surface area contributed by atoms with Crippen molar-refractivity contribution in [2.75, 3.05) is 0 Å². The SMILES string of the molecule is c1ccc([Si](c2ccccc2)(c2ccccc2)c2cccc(-c3nc(-c4cccc(-c5ccc6sc7ccccc7c6c5)c4)nc(-c4cccc(-n5c6ccccc6c6ccccc65)c4)n3)c2)cc1. The Kier molecular flexibility index (Phi) is 10.00. The number of hydrogen-bond donors (Lipinski definition) is 0. The van der Waals surface area contributed by atoms with Crippen LogP contribution in [-0.2, 0) is 0 Å². The molecule has 13 rings (SSSR count). The van der Waals surface area contributed by atoms with Gasteiger partial charge in [0.2, 0.25) is 0 Å². The summed E-state index contributed by atoms with van der Waals surface area (Å²) in [5.74, 6) is 1.84. The van der Waals surface area contributed by atoms with E-state index in [2.05, 4.69) is 259 Å². The molecule has 324 valence electrons. The zero-order valence-corrected chi connectivity index (χ0v) is 39.3. The Morgan fingerprint density at radius 3 is 1.33 bits per heavy atom. The fourth-order valence-corrected chi connectivity index (χ4v) is 16.3. The highest BCUT2D eigenvalue weighted by Gasteiger charge is 2.41. The van der Waals surface area contributed by atoms with Gasteiger partial charge in [0.15, 0.2) is 25.5 Å². The van der Waals surface area contributed by atoms with E-state index in [0.29, 0.717) is 17.5 Å². The molecule has 0 saturated heterocycles. The largest absolute Gasteiger partial charge is 0.309 e. The lowest BCUT2D eigenvalue weighted by molar-refractivity contribution is 1.07. The molecule has 10 aromatic carbocycles. The van der Waals surface area contributed by atoms with Crippen molar-refractivity contribution in [3.63, 3.8) is 0 Å². The molecule has 13 aromatic rings. The molecule has 0 spiro atoms. The average molecular weight is 915 g/mol. The van der Waals surface area contributed by atoms with E-state index >= 15 is 0 Å². The van der Waals surface area contributed by atoms with Crippen molar-refractivity contribution in [1.82, 2.24) is 19.5 Å². The highest BCUT2D eigenvalue weighted by molar-refractivity contribution is 7.25. The molecular weight excluding hydrogens is 873 g/mol. The van der Waals surface area contributed by atoms with Gasteiger partial charge in [-0.2, -0.15) is 0 Å². The third-order valence-corrected chi connectivity index (χ3v) is 19.5. The van der Waals surface area contributed by atoms with Gasteiger partial charge < -0.3 is 4.57 Å². The van der Waals surface area contributed by atoms with Gasteiger partial charge in [0.05, 0.1) is 11.0 Å². The van der Waals surface area contributed by atoms with Crippen molar-refractivity contribution in [2.24, 2.45) is 0 Å². The van der Waals surface area contributed by atoms with E-state index in [1.807, 2.05) is 11.3 Å². The second kappa shape index (κ2) is 17.0. The van der Waals surface area contributed by atoms with Gasteiger partial charge in [-0.05, 0) is 80.4 Å². The average Bonchev–Trinajstić information content (AvgIpc) is 3.98. The first kappa shape index (κ1) is 40.7. The van der Waals surface area contributed by atoms with Gasteiger partial charge in [0, 0.05) is 53.3 Å². The predicted molar refractivity (Wildman–Crippen MR) is 292 cm³/mol. The van der Waals surface area contributed by atoms with Crippen LogP contribution in [0.3, 0.4) is 0 Å². The number of thiophene rings is 1. The van der Waals surface area contributed by atoms with E-state index in [1.165, 1.54) is 51.7 Å². The lowest BCUT2D eigenvalue weighted by Gasteiger charge is -2.34. The van der Waals surface area contributed by atoms with Gasteiger partial charge in [0.1, 0.15) is 0 Å². The molecule has 4 nitrogen and oxygen atoms in total. The van der Waals surface area contributed by atoms with Crippen molar-refractivity contribution in [3.05, 3.63) is 255 Å². The molecule has 0 aliphatic rings. The third-order valence-electron chi connectivity index (χ3n) is 13.6. The molecule has 69 heavy (non-hydrogen) atoms. The summed E-state index contributed by atoms with van der Waals surface area (Å²) >= 11 is 1.84. The van der Waals surface area contributed by atoms with E-state index < -0.39 is 8.07 Å². The van der Waals surface area contributed by atoms with Crippen molar-refractivity contribution in [3.8, 4) is 51.0 Å². The highest BCUT2D eigenvalue weighted by Crippen LogP contribution is 2.38. The molecule has 0 unspecified atom stereocenters. The Hall–Kier alpha value is -8.55. The zero-order valence-electron chi connectivity index (χ0n) is 37.4. The number of fused-ring (bicyclic) bond motifs is 6. The van der Waals surface area contributed by atoms with Crippen LogP contribution in [0.4, 0.5) is 0 Å². The van der Waals surface area contributed by atoms with Crippen molar-refractivity contribution >= 4 is 82.1 Å². The number of aromatic nitrogens is 4. The number of nitrogens with zero attached hydrogens (tertiary/aromatic N) is 4. The molecule has 0 atom stereocenters. The van der Waals surface area contributed by atoms with Crippen LogP contribution >= 0.6 is 11.3 Å². The summed E-state index contributed by atoms with van der Waals surface area (Å²) in [6.45, 7) is 0. The summed E-state index contributed by atoms with van der Waals surface area (Å²) in [4.78, 5) is 16.2. The van der Waals surface area contributed by atoms with Crippen LogP contribution in [0, 0.1) is 0 Å². The molecule has 0 aliphatic carbocycles. The van der Waals surface area contributed by atoms with Crippen molar-refractivity contribution in [2.45, 2.75) is 0 Å². The molecule has 0 radical (unpaired) electrons. The minimum Gasteiger partial charge on any atom is -0.309 e. The fourth-order valence-electron chi connectivity index (χ4n) is 10.4. The summed E-state index contributed by atoms with van der Waals surface area (Å²) in [5, 5.41) is 10.2. The van der Waals surface area contributed by atoms with E-state index in [9.17, 15) is 0 Å². The Balaban J connectivity index is 1.01. The Morgan fingerprint density at radius 1 is 0.290 bits per heavy atom. The minimum absolute atomic E-state index is 0.609. The maximum atomic E-state index is 5.41. The van der Waals surface area contributed by atoms with Crippen LogP contribution in [0.15, 0.2) is 255 Å². The first-order valence-electron chi connectivity index (χ1n) is 23.3. The van der Waals surface area contributed by atoms with Crippen LogP contribution in [0.2, 0.25) is 0 Å². The smallest absolute Gasteiger partial charge is 0.179 e. The summed E-state index contributed by atoms with van der Waals surface area (Å²) < 4.78 is 4.93. The second-order valence-electron chi connectivity index (χ2n) is 17.5. The predicted octanol–water partition coefficient (Wildman–Crippen LogP) is 13.4. The molecule has 3 heterocycles. The van der Waals surface area contributed by atoms with E-state index in [-0.39, 0.29) is 0 Å². The van der Waals surface area contributed by atoms with Crippen LogP contribution < -0.4 is 20.7 Å². The van der Waals surface area contributed by atoms with Crippen LogP contribution in [-0.4, -0.2) is 27.6 Å². The number of hydrogen-bond acceptors (Lipinski definition) is 4. The topological polar surface area (TPSA) is 43.6 Å². The summed E-state index contributed by atoms with van der Waals surface area (Å²) in [6.07, 6.45) is 0. The summed E-state index contributed by atoms with van der Waals surface area (Å²) in [5.41, 5.74) is 8.36. The van der Waals surface area contributed by atoms with E-state index in [0.717, 1.165) is 44.5 Å². The zero-order chi connectivity index (χ0) is 45.7. The highest BCUT2D eigenvalue weighted by atomic mass is 32.1. The quantitative estimate of drug-likeness (QED) is 0.107. The van der Waals surface area contributed by atoms with Gasteiger partial charge >= 0.3 is 0 Å². The molecule has 0 saturated carbocycles. The van der Waals surface area contributed by atoms with Gasteiger partial charge in [0.25, 0.3) is 0 Å². The lowest BCUT2D eigenvalue weighted by atomic mass is 10.0. The van der Waals surface area contributed by atoms with Crippen LogP contribution in [0.5, 0.6) is 0 Å². The molecule has 0 N–H and O–H groups in total. The molecular formula is C63H42N4SSi. The van der Waals surface area contributed by atoms with Crippen molar-refractivity contribution < 1.29 is 0 Å². The van der Waals surface area contributed by atoms with Crippen molar-refractivity contribution in [1.29, 1.82) is 0 Å². The van der Waals surface area contributed by atoms with Gasteiger partial charge in [-0.15, -0.1) is 11.3 Å². The third kappa shape index (κ3) is 7.00. The number of para-hydroxylation sites is 2. The molecule has 3 aromatic heterocycles. The van der Waals surface area contributed by atoms with Gasteiger partial charge in [-0.25, -0.2) is 15.0 Å².